The molecule has 2 fully saturated rings. The van der Waals surface area contributed by atoms with Crippen molar-refractivity contribution in [2.24, 2.45) is 0 Å². The van der Waals surface area contributed by atoms with Crippen molar-refractivity contribution in [3.05, 3.63) is 59.7 Å². The fourth-order valence-corrected chi connectivity index (χ4v) is 4.63. The van der Waals surface area contributed by atoms with Crippen molar-refractivity contribution in [3.8, 4) is 11.5 Å². The average molecular weight is 425 g/mol. The molecular weight excluding hydrogens is 402 g/mol. The van der Waals surface area contributed by atoms with Crippen LogP contribution in [-0.2, 0) is 4.74 Å². The van der Waals surface area contributed by atoms with E-state index in [2.05, 4.69) is 14.8 Å². The molecule has 0 amide bonds. The topological polar surface area (TPSA) is 39.7 Å². The van der Waals surface area contributed by atoms with E-state index in [1.165, 1.54) is 18.2 Å². The fourth-order valence-electron chi connectivity index (χ4n) is 4.63. The number of piperidine rings is 1. The summed E-state index contributed by atoms with van der Waals surface area (Å²) in [6.45, 7) is -4.89. The Morgan fingerprint density at radius 1 is 1.00 bits per heavy atom. The molecule has 2 saturated heterocycles. The molecule has 0 aromatic heterocycles. The highest BCUT2D eigenvalue weighted by Gasteiger charge is 2.49. The summed E-state index contributed by atoms with van der Waals surface area (Å²) in [4.78, 5) is 0. The molecule has 30 heavy (non-hydrogen) atoms. The molecule has 0 saturated carbocycles. The Hall–Kier alpha value is -2.32. The molecule has 0 bridgehead atoms. The summed E-state index contributed by atoms with van der Waals surface area (Å²) in [7, 11) is 0. The Labute approximate surface area is 172 Å². The molecule has 3 atom stereocenters. The van der Waals surface area contributed by atoms with Gasteiger partial charge in [0.2, 0.25) is 0 Å². The van der Waals surface area contributed by atoms with Crippen LogP contribution in [0.4, 0.5) is 17.6 Å². The molecule has 0 aliphatic carbocycles. The number of hydrogen-bond acceptors (Lipinski definition) is 4. The van der Waals surface area contributed by atoms with Crippen molar-refractivity contribution in [1.82, 2.24) is 5.32 Å². The minimum Gasteiger partial charge on any atom is -0.435 e. The van der Waals surface area contributed by atoms with Gasteiger partial charge in [-0.1, -0.05) is 30.3 Å². The van der Waals surface area contributed by atoms with Crippen molar-refractivity contribution in [1.29, 1.82) is 0 Å². The second-order valence-electron chi connectivity index (χ2n) is 7.63. The van der Waals surface area contributed by atoms with E-state index >= 15 is 0 Å². The maximum Gasteiger partial charge on any atom is 0.387 e. The van der Waals surface area contributed by atoms with Crippen LogP contribution in [0, 0.1) is 0 Å². The van der Waals surface area contributed by atoms with Gasteiger partial charge >= 0.3 is 13.2 Å². The molecule has 1 spiro atoms. The molecule has 162 valence electrons. The second kappa shape index (κ2) is 8.81. The Bertz CT molecular complexity index is 852. The molecule has 2 aliphatic heterocycles. The molecule has 4 rings (SSSR count). The van der Waals surface area contributed by atoms with Crippen molar-refractivity contribution >= 4 is 0 Å². The van der Waals surface area contributed by atoms with Gasteiger partial charge in [0.25, 0.3) is 0 Å². The molecule has 2 aromatic carbocycles. The number of benzene rings is 2. The lowest BCUT2D eigenvalue weighted by atomic mass is 9.77. The van der Waals surface area contributed by atoms with Gasteiger partial charge in [0.1, 0.15) is 11.5 Å². The summed E-state index contributed by atoms with van der Waals surface area (Å²) in [5.74, 6) is -0.424. The predicted molar refractivity (Wildman–Crippen MR) is 102 cm³/mol. The zero-order valence-electron chi connectivity index (χ0n) is 16.2. The van der Waals surface area contributed by atoms with E-state index in [4.69, 9.17) is 4.74 Å². The smallest absolute Gasteiger partial charge is 0.387 e. The van der Waals surface area contributed by atoms with Crippen molar-refractivity contribution in [2.75, 3.05) is 13.2 Å². The highest BCUT2D eigenvalue weighted by Crippen LogP contribution is 2.50. The molecule has 0 radical (unpaired) electrons. The lowest BCUT2D eigenvalue weighted by Crippen LogP contribution is -2.48. The lowest BCUT2D eigenvalue weighted by Gasteiger charge is -2.41. The Kier molecular flexibility index (Phi) is 6.15. The number of alkyl halides is 4. The molecule has 1 N–H and O–H groups in total. The largest absolute Gasteiger partial charge is 0.435 e. The van der Waals surface area contributed by atoms with Gasteiger partial charge in [-0.3, -0.25) is 0 Å². The molecule has 2 aliphatic rings. The SMILES string of the molecule is FC(F)Oc1ccc(OC(F)F)c([C@@H]2CO[C@]3(CCCN[C@H]3c3ccccc3)C2)c1. The summed E-state index contributed by atoms with van der Waals surface area (Å²) in [5, 5.41) is 3.52. The number of ether oxygens (including phenoxy) is 3. The summed E-state index contributed by atoms with van der Waals surface area (Å²) in [6, 6.07) is 13.7. The quantitative estimate of drug-likeness (QED) is 0.642. The van der Waals surface area contributed by atoms with Crippen LogP contribution in [0.5, 0.6) is 11.5 Å². The van der Waals surface area contributed by atoms with E-state index in [1.807, 2.05) is 30.3 Å². The van der Waals surface area contributed by atoms with Crippen molar-refractivity contribution in [3.63, 3.8) is 0 Å². The Balaban J connectivity index is 1.63. The van der Waals surface area contributed by atoms with Gasteiger partial charge in [0.15, 0.2) is 0 Å². The predicted octanol–water partition coefficient (Wildman–Crippen LogP) is 5.26. The van der Waals surface area contributed by atoms with Crippen LogP contribution in [-0.4, -0.2) is 32.0 Å². The van der Waals surface area contributed by atoms with Gasteiger partial charge in [-0.05, 0) is 49.6 Å². The maximum absolute atomic E-state index is 12.9. The standard InChI is InChI=1S/C22H23F4NO3/c23-20(24)29-16-7-8-18(30-21(25)26)17(11-16)15-12-22(28-13-15)9-4-10-27-19(22)14-5-2-1-3-6-14/h1-3,5-8,11,15,19-21,27H,4,9-10,12-13H2/t15-,19-,22+/m0/s1. The summed E-state index contributed by atoms with van der Waals surface area (Å²) >= 11 is 0. The van der Waals surface area contributed by atoms with Crippen LogP contribution in [0.15, 0.2) is 48.5 Å². The normalized spacial score (nSPS) is 26.5. The molecule has 8 heteroatoms. The highest BCUT2D eigenvalue weighted by molar-refractivity contribution is 5.43. The second-order valence-corrected chi connectivity index (χ2v) is 7.63. The van der Waals surface area contributed by atoms with E-state index < -0.39 is 18.8 Å². The first-order valence-electron chi connectivity index (χ1n) is 9.93. The molecule has 2 aromatic rings. The van der Waals surface area contributed by atoms with Gasteiger partial charge in [-0.2, -0.15) is 17.6 Å². The van der Waals surface area contributed by atoms with E-state index in [-0.39, 0.29) is 30.1 Å². The van der Waals surface area contributed by atoms with E-state index in [9.17, 15) is 17.6 Å². The number of hydrogen-bond donors (Lipinski definition) is 1. The first kappa shape index (κ1) is 20.9. The summed E-state index contributed by atoms with van der Waals surface area (Å²) in [6.07, 6.45) is 2.29. The summed E-state index contributed by atoms with van der Waals surface area (Å²) < 4.78 is 66.6. The third kappa shape index (κ3) is 4.39. The first-order chi connectivity index (χ1) is 14.5. The molecule has 4 nitrogen and oxygen atoms in total. The van der Waals surface area contributed by atoms with Crippen LogP contribution in [0.1, 0.15) is 42.3 Å². The van der Waals surface area contributed by atoms with Gasteiger partial charge < -0.3 is 19.5 Å². The van der Waals surface area contributed by atoms with E-state index in [1.54, 1.807) is 0 Å². The highest BCUT2D eigenvalue weighted by atomic mass is 19.3. The van der Waals surface area contributed by atoms with Gasteiger partial charge in [-0.15, -0.1) is 0 Å². The number of halogens is 4. The van der Waals surface area contributed by atoms with Gasteiger partial charge in [0, 0.05) is 11.5 Å². The maximum atomic E-state index is 12.9. The third-order valence-corrected chi connectivity index (χ3v) is 5.81. The minimum absolute atomic E-state index is 0.0441. The van der Waals surface area contributed by atoms with Gasteiger partial charge in [0.05, 0.1) is 18.2 Å². The first-order valence-corrected chi connectivity index (χ1v) is 9.93. The number of rotatable bonds is 6. The van der Waals surface area contributed by atoms with Crippen LogP contribution in [0.3, 0.4) is 0 Å². The van der Waals surface area contributed by atoms with Crippen molar-refractivity contribution < 1.29 is 31.8 Å². The van der Waals surface area contributed by atoms with Crippen LogP contribution < -0.4 is 14.8 Å². The Morgan fingerprint density at radius 2 is 1.77 bits per heavy atom. The van der Waals surface area contributed by atoms with E-state index in [0.29, 0.717) is 12.0 Å². The molecule has 0 unspecified atom stereocenters. The fraction of sp³-hybridized carbons (Fsp3) is 0.455. The van der Waals surface area contributed by atoms with E-state index in [0.717, 1.165) is 24.9 Å². The minimum atomic E-state index is -3.02. The average Bonchev–Trinajstić information content (AvgIpc) is 3.13. The van der Waals surface area contributed by atoms with Crippen LogP contribution >= 0.6 is 0 Å². The molecular formula is C22H23F4NO3. The zero-order chi connectivity index (χ0) is 21.1. The Morgan fingerprint density at radius 3 is 2.50 bits per heavy atom. The zero-order valence-corrected chi connectivity index (χ0v) is 16.2. The molecule has 2 heterocycles. The lowest BCUT2D eigenvalue weighted by molar-refractivity contribution is -0.0537. The van der Waals surface area contributed by atoms with Crippen molar-refractivity contribution in [2.45, 2.75) is 50.0 Å². The van der Waals surface area contributed by atoms with Crippen LogP contribution in [0.2, 0.25) is 0 Å². The number of nitrogens with one attached hydrogen (secondary N) is 1. The van der Waals surface area contributed by atoms with Crippen LogP contribution in [0.25, 0.3) is 0 Å². The summed E-state index contributed by atoms with van der Waals surface area (Å²) in [5.41, 5.74) is 0.978. The van der Waals surface area contributed by atoms with Gasteiger partial charge in [-0.25, -0.2) is 0 Å². The monoisotopic (exact) mass is 425 g/mol. The third-order valence-electron chi connectivity index (χ3n) is 5.81.